The number of H-pyrrole nitrogens is 1. The van der Waals surface area contributed by atoms with Gasteiger partial charge in [-0.1, -0.05) is 24.3 Å². The molecular formula is C20H15N5O. The first kappa shape index (κ1) is 14.8. The molecule has 26 heavy (non-hydrogen) atoms. The van der Waals surface area contributed by atoms with Crippen LogP contribution in [0.5, 0.6) is 0 Å². The number of rotatable bonds is 2. The lowest BCUT2D eigenvalue weighted by molar-refractivity contribution is 0.938. The Morgan fingerprint density at radius 3 is 2.85 bits per heavy atom. The first-order valence-electron chi connectivity index (χ1n) is 8.46. The van der Waals surface area contributed by atoms with Gasteiger partial charge in [-0.05, 0) is 30.2 Å². The molecule has 0 aliphatic carbocycles. The molecule has 1 aliphatic rings. The summed E-state index contributed by atoms with van der Waals surface area (Å²) < 4.78 is 0. The zero-order valence-electron chi connectivity index (χ0n) is 13.9. The van der Waals surface area contributed by atoms with Crippen molar-refractivity contribution in [1.82, 2.24) is 19.9 Å². The Hall–Kier alpha value is -3.54. The SMILES string of the molecule is O=c1[nH]c(N2CCc3ccccc32)nc2nccc(-c3cccnc3)c12. The fourth-order valence-corrected chi connectivity index (χ4v) is 3.50. The minimum absolute atomic E-state index is 0.193. The van der Waals surface area contributed by atoms with Gasteiger partial charge in [-0.3, -0.25) is 14.8 Å². The van der Waals surface area contributed by atoms with E-state index in [4.69, 9.17) is 0 Å². The van der Waals surface area contributed by atoms with Gasteiger partial charge in [0.2, 0.25) is 5.95 Å². The second-order valence-electron chi connectivity index (χ2n) is 6.22. The first-order chi connectivity index (χ1) is 12.8. The van der Waals surface area contributed by atoms with E-state index in [-0.39, 0.29) is 5.56 Å². The quantitative estimate of drug-likeness (QED) is 0.606. The van der Waals surface area contributed by atoms with Crippen LogP contribution in [-0.4, -0.2) is 26.5 Å². The topological polar surface area (TPSA) is 74.8 Å². The molecule has 1 aromatic carbocycles. The summed E-state index contributed by atoms with van der Waals surface area (Å²) in [6, 6.07) is 13.8. The smallest absolute Gasteiger partial charge is 0.262 e. The summed E-state index contributed by atoms with van der Waals surface area (Å²) in [5.74, 6) is 0.531. The van der Waals surface area contributed by atoms with Crippen molar-refractivity contribution >= 4 is 22.7 Å². The Morgan fingerprint density at radius 2 is 1.96 bits per heavy atom. The minimum Gasteiger partial charge on any atom is -0.311 e. The maximum atomic E-state index is 12.9. The third-order valence-electron chi connectivity index (χ3n) is 4.71. The number of hydrogen-bond donors (Lipinski definition) is 1. The summed E-state index contributed by atoms with van der Waals surface area (Å²) >= 11 is 0. The van der Waals surface area contributed by atoms with Gasteiger partial charge in [0.25, 0.3) is 5.56 Å². The molecule has 3 aromatic heterocycles. The van der Waals surface area contributed by atoms with Crippen molar-refractivity contribution < 1.29 is 0 Å². The van der Waals surface area contributed by atoms with Gasteiger partial charge < -0.3 is 4.90 Å². The van der Waals surface area contributed by atoms with E-state index in [0.29, 0.717) is 17.0 Å². The summed E-state index contributed by atoms with van der Waals surface area (Å²) in [5, 5.41) is 0.483. The van der Waals surface area contributed by atoms with Crippen molar-refractivity contribution in [3.63, 3.8) is 0 Å². The lowest BCUT2D eigenvalue weighted by Gasteiger charge is -2.18. The summed E-state index contributed by atoms with van der Waals surface area (Å²) in [5.41, 5.74) is 4.23. The molecule has 4 heterocycles. The van der Waals surface area contributed by atoms with Crippen LogP contribution in [0.1, 0.15) is 5.56 Å². The molecule has 6 heteroatoms. The van der Waals surface area contributed by atoms with Crippen LogP contribution in [0.4, 0.5) is 11.6 Å². The summed E-state index contributed by atoms with van der Waals surface area (Å²) in [6.45, 7) is 0.788. The monoisotopic (exact) mass is 341 g/mol. The van der Waals surface area contributed by atoms with Gasteiger partial charge in [0.05, 0.1) is 5.39 Å². The molecule has 0 radical (unpaired) electrons. The number of benzene rings is 1. The van der Waals surface area contributed by atoms with E-state index >= 15 is 0 Å². The first-order valence-corrected chi connectivity index (χ1v) is 8.46. The highest BCUT2D eigenvalue weighted by molar-refractivity contribution is 5.92. The fraction of sp³-hybridized carbons (Fsp3) is 0.100. The highest BCUT2D eigenvalue weighted by Crippen LogP contribution is 2.32. The Kier molecular flexibility index (Phi) is 3.28. The van der Waals surface area contributed by atoms with E-state index in [1.54, 1.807) is 18.6 Å². The summed E-state index contributed by atoms with van der Waals surface area (Å²) in [7, 11) is 0. The van der Waals surface area contributed by atoms with Gasteiger partial charge >= 0.3 is 0 Å². The molecule has 0 amide bonds. The van der Waals surface area contributed by atoms with Crippen LogP contribution in [0.25, 0.3) is 22.2 Å². The van der Waals surface area contributed by atoms with Crippen molar-refractivity contribution in [1.29, 1.82) is 0 Å². The average Bonchev–Trinajstić information content (AvgIpc) is 3.12. The molecule has 0 fully saturated rings. The van der Waals surface area contributed by atoms with Crippen molar-refractivity contribution in [2.75, 3.05) is 11.4 Å². The molecule has 126 valence electrons. The average molecular weight is 341 g/mol. The normalized spacial score (nSPS) is 13.2. The Morgan fingerprint density at radius 1 is 1.04 bits per heavy atom. The predicted molar refractivity (Wildman–Crippen MR) is 101 cm³/mol. The second-order valence-corrected chi connectivity index (χ2v) is 6.22. The van der Waals surface area contributed by atoms with Gasteiger partial charge in [-0.15, -0.1) is 0 Å². The van der Waals surface area contributed by atoms with Gasteiger partial charge in [-0.2, -0.15) is 4.98 Å². The largest absolute Gasteiger partial charge is 0.311 e. The number of para-hydroxylation sites is 1. The minimum atomic E-state index is -0.193. The predicted octanol–water partition coefficient (Wildman–Crippen LogP) is 3.07. The second kappa shape index (κ2) is 5.77. The number of anilines is 2. The third kappa shape index (κ3) is 2.27. The van der Waals surface area contributed by atoms with Crippen LogP contribution < -0.4 is 10.5 Å². The van der Waals surface area contributed by atoms with E-state index < -0.39 is 0 Å². The lowest BCUT2D eigenvalue weighted by Crippen LogP contribution is -2.21. The van der Waals surface area contributed by atoms with Crippen LogP contribution in [0.3, 0.4) is 0 Å². The maximum Gasteiger partial charge on any atom is 0.262 e. The van der Waals surface area contributed by atoms with E-state index in [9.17, 15) is 4.79 Å². The lowest BCUT2D eigenvalue weighted by atomic mass is 10.1. The van der Waals surface area contributed by atoms with Crippen LogP contribution in [-0.2, 0) is 6.42 Å². The van der Waals surface area contributed by atoms with Gasteiger partial charge in [-0.25, -0.2) is 4.98 Å². The molecule has 0 saturated heterocycles. The van der Waals surface area contributed by atoms with Crippen LogP contribution >= 0.6 is 0 Å². The number of nitrogens with zero attached hydrogens (tertiary/aromatic N) is 4. The van der Waals surface area contributed by atoms with Crippen molar-refractivity contribution in [3.05, 3.63) is 77.0 Å². The van der Waals surface area contributed by atoms with Crippen molar-refractivity contribution in [2.45, 2.75) is 6.42 Å². The third-order valence-corrected chi connectivity index (χ3v) is 4.71. The van der Waals surface area contributed by atoms with Crippen molar-refractivity contribution in [3.8, 4) is 11.1 Å². The summed E-state index contributed by atoms with van der Waals surface area (Å²) in [4.78, 5) is 31.0. The standard InChI is InChI=1S/C20H15N5O/c26-19-17-15(14-5-3-9-21-12-14)7-10-22-18(17)23-20(24-19)25-11-8-13-4-1-2-6-16(13)25/h1-7,9-10,12H,8,11H2,(H,22,23,24,26). The number of pyridine rings is 2. The number of fused-ring (bicyclic) bond motifs is 2. The van der Waals surface area contributed by atoms with Crippen molar-refractivity contribution in [2.24, 2.45) is 0 Å². The van der Waals surface area contributed by atoms with E-state index in [1.165, 1.54) is 5.56 Å². The van der Waals surface area contributed by atoms with Crippen LogP contribution in [0, 0.1) is 0 Å². The molecule has 1 N–H and O–H groups in total. The molecule has 0 atom stereocenters. The molecular weight excluding hydrogens is 326 g/mol. The molecule has 0 spiro atoms. The van der Waals surface area contributed by atoms with Gasteiger partial charge in [0.15, 0.2) is 5.65 Å². The number of hydrogen-bond acceptors (Lipinski definition) is 5. The highest BCUT2D eigenvalue weighted by Gasteiger charge is 2.23. The fourth-order valence-electron chi connectivity index (χ4n) is 3.50. The van der Waals surface area contributed by atoms with E-state index in [2.05, 4.69) is 26.0 Å². The Balaban J connectivity index is 1.69. The summed E-state index contributed by atoms with van der Waals surface area (Å²) in [6.07, 6.45) is 6.05. The van der Waals surface area contributed by atoms with Gasteiger partial charge in [0.1, 0.15) is 0 Å². The maximum absolute atomic E-state index is 12.9. The van der Waals surface area contributed by atoms with Crippen LogP contribution in [0.2, 0.25) is 0 Å². The van der Waals surface area contributed by atoms with Crippen LogP contribution in [0.15, 0.2) is 65.8 Å². The highest BCUT2D eigenvalue weighted by atomic mass is 16.1. The zero-order valence-corrected chi connectivity index (χ0v) is 13.9. The molecule has 0 saturated carbocycles. The molecule has 1 aliphatic heterocycles. The Labute approximate surface area is 149 Å². The van der Waals surface area contributed by atoms with Gasteiger partial charge in [0, 0.05) is 41.9 Å². The number of aromatic nitrogens is 4. The Bertz CT molecular complexity index is 1170. The molecule has 0 bridgehead atoms. The molecule has 5 rings (SSSR count). The number of nitrogens with one attached hydrogen (secondary N) is 1. The molecule has 0 unspecified atom stereocenters. The van der Waals surface area contributed by atoms with E-state index in [0.717, 1.165) is 29.8 Å². The number of aromatic amines is 1. The zero-order chi connectivity index (χ0) is 17.5. The molecule has 4 aromatic rings. The van der Waals surface area contributed by atoms with E-state index in [1.807, 2.05) is 41.3 Å². The molecule has 6 nitrogen and oxygen atoms in total.